The van der Waals surface area contributed by atoms with E-state index in [-0.39, 0.29) is 11.8 Å². The Bertz CT molecular complexity index is 887. The first-order valence-electron chi connectivity index (χ1n) is 8.25. The van der Waals surface area contributed by atoms with Crippen LogP contribution in [0.15, 0.2) is 46.3 Å². The Labute approximate surface area is 154 Å². The van der Waals surface area contributed by atoms with Crippen molar-refractivity contribution in [3.8, 4) is 16.5 Å². The number of rotatable bonds is 6. The van der Waals surface area contributed by atoms with E-state index in [0.29, 0.717) is 24.0 Å². The number of thiophene rings is 1. The third-order valence-corrected chi connectivity index (χ3v) is 5.08. The average molecular weight is 370 g/mol. The number of nitrogens with one attached hydrogen (secondary N) is 1. The average Bonchev–Trinajstić information content (AvgIpc) is 3.29. The number of hydrogen-bond acceptors (Lipinski definition) is 7. The minimum absolute atomic E-state index is 0.0542. The molecular weight excluding hydrogens is 352 g/mol. The number of likely N-dealkylation sites (tertiary alicyclic amines) is 1. The highest BCUT2D eigenvalue weighted by Gasteiger charge is 2.33. The maximum atomic E-state index is 12.2. The molecule has 0 unspecified atom stereocenters. The van der Waals surface area contributed by atoms with Crippen molar-refractivity contribution in [2.24, 2.45) is 0 Å². The number of carbonyl (C=O) groups is 1. The van der Waals surface area contributed by atoms with Gasteiger partial charge >= 0.3 is 0 Å². The minimum Gasteiger partial charge on any atom is -0.497 e. The Morgan fingerprint density at radius 1 is 1.38 bits per heavy atom. The summed E-state index contributed by atoms with van der Waals surface area (Å²) < 4.78 is 10.5. The van der Waals surface area contributed by atoms with Gasteiger partial charge in [-0.3, -0.25) is 9.69 Å². The van der Waals surface area contributed by atoms with E-state index < -0.39 is 0 Å². The molecule has 3 aromatic rings. The summed E-state index contributed by atoms with van der Waals surface area (Å²) >= 11 is 1.58. The van der Waals surface area contributed by atoms with Crippen molar-refractivity contribution in [3.05, 3.63) is 47.7 Å². The minimum atomic E-state index is -0.0542. The molecule has 1 fully saturated rings. The van der Waals surface area contributed by atoms with Crippen LogP contribution in [0.1, 0.15) is 11.8 Å². The van der Waals surface area contributed by atoms with Crippen molar-refractivity contribution >= 4 is 22.9 Å². The fourth-order valence-corrected chi connectivity index (χ4v) is 3.52. The molecule has 0 atom stereocenters. The summed E-state index contributed by atoms with van der Waals surface area (Å²) in [6.07, 6.45) is 0. The highest BCUT2D eigenvalue weighted by molar-refractivity contribution is 7.13. The van der Waals surface area contributed by atoms with Gasteiger partial charge in [-0.05, 0) is 23.6 Å². The number of nitrogens with zero attached hydrogens (tertiary/aromatic N) is 3. The maximum absolute atomic E-state index is 12.2. The first kappa shape index (κ1) is 16.7. The van der Waals surface area contributed by atoms with Crippen LogP contribution >= 0.6 is 11.3 Å². The Morgan fingerprint density at radius 2 is 2.27 bits per heavy atom. The molecule has 1 aliphatic rings. The van der Waals surface area contributed by atoms with Crippen LogP contribution in [0.3, 0.4) is 0 Å². The van der Waals surface area contributed by atoms with E-state index in [2.05, 4.69) is 20.4 Å². The summed E-state index contributed by atoms with van der Waals surface area (Å²) in [4.78, 5) is 19.7. The Morgan fingerprint density at radius 3 is 3.04 bits per heavy atom. The SMILES string of the molecule is COc1cccc(NC(=O)CN2CC(c3nc(-c4cccs4)no3)C2)c1. The highest BCUT2D eigenvalue weighted by Crippen LogP contribution is 2.28. The van der Waals surface area contributed by atoms with Gasteiger partial charge in [-0.25, -0.2) is 0 Å². The molecule has 0 radical (unpaired) electrons. The number of amides is 1. The zero-order valence-corrected chi connectivity index (χ0v) is 15.0. The summed E-state index contributed by atoms with van der Waals surface area (Å²) in [6, 6.07) is 11.2. The fraction of sp³-hybridized carbons (Fsp3) is 0.278. The standard InChI is InChI=1S/C18H18N4O3S/c1-24-14-5-2-4-13(8-14)19-16(23)11-22-9-12(10-22)18-20-17(21-25-18)15-6-3-7-26-15/h2-8,12H,9-11H2,1H3,(H,19,23). The molecule has 1 aliphatic heterocycles. The van der Waals surface area contributed by atoms with Crippen LogP contribution in [0.4, 0.5) is 5.69 Å². The van der Waals surface area contributed by atoms with E-state index >= 15 is 0 Å². The monoisotopic (exact) mass is 370 g/mol. The second-order valence-electron chi connectivity index (χ2n) is 6.10. The largest absolute Gasteiger partial charge is 0.497 e. The Balaban J connectivity index is 1.28. The molecule has 1 N–H and O–H groups in total. The molecule has 1 aromatic carbocycles. The molecule has 134 valence electrons. The quantitative estimate of drug-likeness (QED) is 0.719. The van der Waals surface area contributed by atoms with E-state index in [1.807, 2.05) is 35.7 Å². The lowest BCUT2D eigenvalue weighted by Gasteiger charge is -2.36. The number of benzene rings is 1. The zero-order valence-electron chi connectivity index (χ0n) is 14.2. The van der Waals surface area contributed by atoms with Crippen molar-refractivity contribution < 1.29 is 14.1 Å². The number of carbonyl (C=O) groups excluding carboxylic acids is 1. The lowest BCUT2D eigenvalue weighted by atomic mass is 10.0. The number of methoxy groups -OCH3 is 1. The normalized spacial score (nSPS) is 14.8. The van der Waals surface area contributed by atoms with Crippen LogP contribution in [-0.4, -0.2) is 47.7 Å². The van der Waals surface area contributed by atoms with Gasteiger partial charge in [0.05, 0.1) is 24.4 Å². The fourth-order valence-electron chi connectivity index (χ4n) is 2.87. The molecule has 1 amide bonds. The third kappa shape index (κ3) is 3.61. The van der Waals surface area contributed by atoms with Crippen molar-refractivity contribution in [2.75, 3.05) is 32.1 Å². The molecule has 3 heterocycles. The van der Waals surface area contributed by atoms with Crippen LogP contribution in [0.2, 0.25) is 0 Å². The third-order valence-electron chi connectivity index (χ3n) is 4.21. The van der Waals surface area contributed by atoms with E-state index in [4.69, 9.17) is 9.26 Å². The van der Waals surface area contributed by atoms with Crippen molar-refractivity contribution in [2.45, 2.75) is 5.92 Å². The molecule has 8 heteroatoms. The van der Waals surface area contributed by atoms with E-state index in [1.54, 1.807) is 24.5 Å². The van der Waals surface area contributed by atoms with Gasteiger partial charge in [-0.15, -0.1) is 11.3 Å². The molecule has 0 aliphatic carbocycles. The summed E-state index contributed by atoms with van der Waals surface area (Å²) in [5.41, 5.74) is 0.726. The van der Waals surface area contributed by atoms with Crippen molar-refractivity contribution in [3.63, 3.8) is 0 Å². The van der Waals surface area contributed by atoms with Crippen molar-refractivity contribution in [1.29, 1.82) is 0 Å². The number of ether oxygens (including phenoxy) is 1. The van der Waals surface area contributed by atoms with E-state index in [9.17, 15) is 4.79 Å². The van der Waals surface area contributed by atoms with Crippen LogP contribution in [-0.2, 0) is 4.79 Å². The van der Waals surface area contributed by atoms with Crippen LogP contribution < -0.4 is 10.1 Å². The lowest BCUT2D eigenvalue weighted by Crippen LogP contribution is -2.48. The number of aromatic nitrogens is 2. The van der Waals surface area contributed by atoms with Gasteiger partial charge in [0.25, 0.3) is 0 Å². The van der Waals surface area contributed by atoms with Gasteiger partial charge in [0, 0.05) is 24.8 Å². The highest BCUT2D eigenvalue weighted by atomic mass is 32.1. The number of anilines is 1. The van der Waals surface area contributed by atoms with Crippen LogP contribution in [0, 0.1) is 0 Å². The lowest BCUT2D eigenvalue weighted by molar-refractivity contribution is -0.118. The summed E-state index contributed by atoms with van der Waals surface area (Å²) in [7, 11) is 1.60. The van der Waals surface area contributed by atoms with Crippen LogP contribution in [0.25, 0.3) is 10.7 Å². The first-order valence-corrected chi connectivity index (χ1v) is 9.13. The maximum Gasteiger partial charge on any atom is 0.238 e. The molecule has 26 heavy (non-hydrogen) atoms. The van der Waals surface area contributed by atoms with Gasteiger partial charge < -0.3 is 14.6 Å². The van der Waals surface area contributed by atoms with E-state index in [0.717, 1.165) is 23.7 Å². The van der Waals surface area contributed by atoms with Gasteiger partial charge in [0.2, 0.25) is 17.6 Å². The van der Waals surface area contributed by atoms with Crippen LogP contribution in [0.5, 0.6) is 5.75 Å². The Kier molecular flexibility index (Phi) is 4.68. The smallest absolute Gasteiger partial charge is 0.238 e. The van der Waals surface area contributed by atoms with Crippen molar-refractivity contribution in [1.82, 2.24) is 15.0 Å². The predicted octanol–water partition coefficient (Wildman–Crippen LogP) is 2.84. The molecule has 0 spiro atoms. The van der Waals surface area contributed by atoms with Gasteiger partial charge in [-0.1, -0.05) is 17.3 Å². The van der Waals surface area contributed by atoms with Gasteiger partial charge in [0.15, 0.2) is 0 Å². The summed E-state index contributed by atoms with van der Waals surface area (Å²) in [5.74, 6) is 2.11. The molecule has 1 saturated heterocycles. The number of hydrogen-bond donors (Lipinski definition) is 1. The first-order chi connectivity index (χ1) is 12.7. The molecule has 0 bridgehead atoms. The van der Waals surface area contributed by atoms with Gasteiger partial charge in [-0.2, -0.15) is 4.98 Å². The zero-order chi connectivity index (χ0) is 17.9. The summed E-state index contributed by atoms with van der Waals surface area (Å²) in [5, 5.41) is 8.90. The molecule has 7 nitrogen and oxygen atoms in total. The Hall–Kier alpha value is -2.71. The molecule has 4 rings (SSSR count). The molecular formula is C18H18N4O3S. The second-order valence-corrected chi connectivity index (χ2v) is 7.05. The molecule has 2 aromatic heterocycles. The van der Waals surface area contributed by atoms with Gasteiger partial charge in [0.1, 0.15) is 5.75 Å². The second kappa shape index (κ2) is 7.27. The molecule has 0 saturated carbocycles. The predicted molar refractivity (Wildman–Crippen MR) is 98.4 cm³/mol. The summed E-state index contributed by atoms with van der Waals surface area (Å²) in [6.45, 7) is 1.80. The topological polar surface area (TPSA) is 80.5 Å². The van der Waals surface area contributed by atoms with E-state index in [1.165, 1.54) is 0 Å².